The van der Waals surface area contributed by atoms with Gasteiger partial charge in [0.25, 0.3) is 0 Å². The highest BCUT2D eigenvalue weighted by Gasteiger charge is 2.44. The van der Waals surface area contributed by atoms with Crippen molar-refractivity contribution in [2.24, 2.45) is 5.14 Å². The van der Waals surface area contributed by atoms with Crippen LogP contribution in [0.3, 0.4) is 0 Å². The molecule has 1 unspecified atom stereocenters. The van der Waals surface area contributed by atoms with Gasteiger partial charge in [0.15, 0.2) is 0 Å². The first-order valence-electron chi connectivity index (χ1n) is 2.98. The van der Waals surface area contributed by atoms with Gasteiger partial charge in [-0.25, -0.2) is 9.32 Å². The monoisotopic (exact) mass is 222 g/mol. The Kier molecular flexibility index (Phi) is 3.67. The van der Waals surface area contributed by atoms with E-state index in [1.165, 1.54) is 0 Å². The Hall–Kier alpha value is -0.380. The van der Waals surface area contributed by atoms with Crippen molar-refractivity contribution >= 4 is 10.3 Å². The van der Waals surface area contributed by atoms with Gasteiger partial charge >= 0.3 is 16.5 Å². The Morgan fingerprint density at radius 1 is 1.38 bits per heavy atom. The zero-order valence-corrected chi connectivity index (χ0v) is 7.69. The highest BCUT2D eigenvalue weighted by molar-refractivity contribution is 7.84. The summed E-state index contributed by atoms with van der Waals surface area (Å²) >= 11 is 0. The molecule has 0 aromatic heterocycles. The van der Waals surface area contributed by atoms with E-state index in [1.807, 2.05) is 0 Å². The number of nitrogens with zero attached hydrogens (tertiary/aromatic N) is 1. The Balaban J connectivity index is 4.66. The van der Waals surface area contributed by atoms with Gasteiger partial charge in [-0.3, -0.25) is 4.90 Å². The van der Waals surface area contributed by atoms with Gasteiger partial charge in [0, 0.05) is 0 Å². The van der Waals surface area contributed by atoms with Gasteiger partial charge in [-0.05, 0) is 14.1 Å². The van der Waals surface area contributed by atoms with Gasteiger partial charge in [0.2, 0.25) is 6.23 Å². The molecular formula is C4H9F3N2O3S. The fourth-order valence-electron chi connectivity index (χ4n) is 0.560. The lowest BCUT2D eigenvalue weighted by atomic mass is 10.5. The summed E-state index contributed by atoms with van der Waals surface area (Å²) < 4.78 is 60.1. The summed E-state index contributed by atoms with van der Waals surface area (Å²) in [4.78, 5) is 0.546. The van der Waals surface area contributed by atoms with Gasteiger partial charge < -0.3 is 0 Å². The van der Waals surface area contributed by atoms with Crippen molar-refractivity contribution in [3.63, 3.8) is 0 Å². The van der Waals surface area contributed by atoms with Crippen molar-refractivity contribution in [3.05, 3.63) is 0 Å². The third-order valence-corrected chi connectivity index (χ3v) is 1.42. The van der Waals surface area contributed by atoms with Crippen LogP contribution in [0.4, 0.5) is 13.2 Å². The lowest BCUT2D eigenvalue weighted by molar-refractivity contribution is -0.230. The minimum absolute atomic E-state index is 0.546. The van der Waals surface area contributed by atoms with Crippen LogP contribution in [-0.2, 0) is 14.5 Å². The van der Waals surface area contributed by atoms with Gasteiger partial charge in [-0.2, -0.15) is 21.6 Å². The Morgan fingerprint density at radius 3 is 1.85 bits per heavy atom. The average Bonchev–Trinajstić information content (AvgIpc) is 1.77. The van der Waals surface area contributed by atoms with E-state index in [4.69, 9.17) is 0 Å². The first-order valence-corrected chi connectivity index (χ1v) is 4.45. The third kappa shape index (κ3) is 5.03. The molecule has 5 nitrogen and oxygen atoms in total. The van der Waals surface area contributed by atoms with Crippen molar-refractivity contribution in [1.82, 2.24) is 4.90 Å². The molecule has 0 amide bonds. The second kappa shape index (κ2) is 3.78. The first-order chi connectivity index (χ1) is 5.54. The van der Waals surface area contributed by atoms with Gasteiger partial charge in [-0.1, -0.05) is 0 Å². The first kappa shape index (κ1) is 12.6. The molecule has 80 valence electrons. The van der Waals surface area contributed by atoms with Gasteiger partial charge in [0.1, 0.15) is 0 Å². The zero-order chi connectivity index (χ0) is 10.9. The Bertz CT molecular complexity index is 260. The van der Waals surface area contributed by atoms with E-state index >= 15 is 0 Å². The largest absolute Gasteiger partial charge is 0.429 e. The summed E-state index contributed by atoms with van der Waals surface area (Å²) in [5.41, 5.74) is 0. The van der Waals surface area contributed by atoms with E-state index in [0.717, 1.165) is 14.1 Å². The fraction of sp³-hybridized carbons (Fsp3) is 1.00. The molecule has 0 rings (SSSR count). The molecule has 0 fully saturated rings. The molecule has 13 heavy (non-hydrogen) atoms. The molecular weight excluding hydrogens is 213 g/mol. The lowest BCUT2D eigenvalue weighted by Gasteiger charge is -2.24. The van der Waals surface area contributed by atoms with Crippen LogP contribution in [-0.4, -0.2) is 39.8 Å². The average molecular weight is 222 g/mol. The molecule has 1 atom stereocenters. The molecule has 0 heterocycles. The lowest BCUT2D eigenvalue weighted by Crippen LogP contribution is -2.45. The van der Waals surface area contributed by atoms with E-state index in [0.29, 0.717) is 4.90 Å². The number of hydrogen-bond donors (Lipinski definition) is 1. The third-order valence-electron chi connectivity index (χ3n) is 0.974. The maximum atomic E-state index is 12.0. The topological polar surface area (TPSA) is 72.6 Å². The summed E-state index contributed by atoms with van der Waals surface area (Å²) in [5, 5.41) is 4.29. The highest BCUT2D eigenvalue weighted by Crippen LogP contribution is 2.24. The second-order valence-corrected chi connectivity index (χ2v) is 3.62. The summed E-state index contributed by atoms with van der Waals surface area (Å²) in [6.45, 7) is 0. The van der Waals surface area contributed by atoms with Crippen LogP contribution >= 0.6 is 0 Å². The molecule has 2 N–H and O–H groups in total. The minimum atomic E-state index is -4.81. The number of nitrogens with two attached hydrogens (primary N) is 1. The normalized spacial score (nSPS) is 16.2. The van der Waals surface area contributed by atoms with Crippen molar-refractivity contribution in [3.8, 4) is 0 Å². The van der Waals surface area contributed by atoms with E-state index in [9.17, 15) is 21.6 Å². The van der Waals surface area contributed by atoms with Crippen LogP contribution in [0, 0.1) is 0 Å². The molecule has 0 spiro atoms. The smallest absolute Gasteiger partial charge is 0.276 e. The van der Waals surface area contributed by atoms with Crippen molar-refractivity contribution in [1.29, 1.82) is 0 Å². The van der Waals surface area contributed by atoms with Crippen molar-refractivity contribution in [2.75, 3.05) is 14.1 Å². The van der Waals surface area contributed by atoms with Crippen LogP contribution in [0.1, 0.15) is 0 Å². The standard InChI is InChI=1S/C4H9F3N2O3S/c1-9(2)3(4(5,6)7)12-13(8,10)11/h3H,1-2H3,(H2,8,10,11). The zero-order valence-electron chi connectivity index (χ0n) is 6.87. The van der Waals surface area contributed by atoms with Crippen LogP contribution in [0.5, 0.6) is 0 Å². The second-order valence-electron chi connectivity index (χ2n) is 2.45. The minimum Gasteiger partial charge on any atom is -0.276 e. The Morgan fingerprint density at radius 2 is 1.77 bits per heavy atom. The summed E-state index contributed by atoms with van der Waals surface area (Å²) in [6, 6.07) is 0. The van der Waals surface area contributed by atoms with Crippen LogP contribution in [0.15, 0.2) is 0 Å². The molecule has 0 aromatic rings. The van der Waals surface area contributed by atoms with E-state index in [1.54, 1.807) is 0 Å². The molecule has 0 saturated heterocycles. The number of rotatable bonds is 3. The molecule has 0 aliphatic carbocycles. The fourth-order valence-corrected chi connectivity index (χ4v) is 1.10. The number of hydrogen-bond acceptors (Lipinski definition) is 4. The van der Waals surface area contributed by atoms with Gasteiger partial charge in [0.05, 0.1) is 0 Å². The quantitative estimate of drug-likeness (QED) is 0.663. The number of halogens is 3. The van der Waals surface area contributed by atoms with Gasteiger partial charge in [-0.15, -0.1) is 0 Å². The molecule has 9 heteroatoms. The van der Waals surface area contributed by atoms with E-state index < -0.39 is 22.7 Å². The molecule has 0 aromatic carbocycles. The van der Waals surface area contributed by atoms with Crippen LogP contribution in [0.25, 0.3) is 0 Å². The number of alkyl halides is 3. The Labute approximate surface area is 73.5 Å². The maximum absolute atomic E-state index is 12.0. The van der Waals surface area contributed by atoms with E-state index in [-0.39, 0.29) is 0 Å². The van der Waals surface area contributed by atoms with Crippen molar-refractivity contribution in [2.45, 2.75) is 12.4 Å². The predicted molar refractivity (Wildman–Crippen MR) is 37.7 cm³/mol. The predicted octanol–water partition coefficient (Wildman–Crippen LogP) is -0.343. The van der Waals surface area contributed by atoms with Crippen LogP contribution < -0.4 is 5.14 Å². The molecule has 0 aliphatic rings. The van der Waals surface area contributed by atoms with Crippen molar-refractivity contribution < 1.29 is 25.8 Å². The molecule has 0 radical (unpaired) electrons. The maximum Gasteiger partial charge on any atom is 0.429 e. The van der Waals surface area contributed by atoms with Crippen LogP contribution in [0.2, 0.25) is 0 Å². The highest BCUT2D eigenvalue weighted by atomic mass is 32.2. The molecule has 0 aliphatic heterocycles. The summed E-state index contributed by atoms with van der Waals surface area (Å²) in [7, 11) is -2.58. The summed E-state index contributed by atoms with van der Waals surface area (Å²) in [6.07, 6.45) is -7.36. The van der Waals surface area contributed by atoms with E-state index in [2.05, 4.69) is 9.32 Å². The molecule has 0 saturated carbocycles. The SMILES string of the molecule is CN(C)C(OS(N)(=O)=O)C(F)(F)F. The molecule has 0 bridgehead atoms. The summed E-state index contributed by atoms with van der Waals surface area (Å²) in [5.74, 6) is 0.